The average Bonchev–Trinajstić information content (AvgIpc) is 1.62. The molecule has 10 heavy (non-hydrogen) atoms. The van der Waals surface area contributed by atoms with Crippen molar-refractivity contribution in [2.75, 3.05) is 5.88 Å². The Balaban J connectivity index is 0. The number of rotatable bonds is 2. The molecular weight excluding hydrogens is 176 g/mol. The van der Waals surface area contributed by atoms with Gasteiger partial charge in [0.2, 0.25) is 0 Å². The molecule has 0 aliphatic carbocycles. The molecule has 0 saturated heterocycles. The molecule has 0 aromatic heterocycles. The molecular formula is C4H12ClNO3P+. The third-order valence-corrected chi connectivity index (χ3v) is 0.783. The summed E-state index contributed by atoms with van der Waals surface area (Å²) in [6.07, 6.45) is 0.918. The van der Waals surface area contributed by atoms with Crippen molar-refractivity contribution in [1.82, 2.24) is 0 Å². The molecule has 4 N–H and O–H groups in total. The lowest BCUT2D eigenvalue weighted by atomic mass is 10.3. The van der Waals surface area contributed by atoms with Gasteiger partial charge in [0.1, 0.15) is 0 Å². The van der Waals surface area contributed by atoms with Crippen molar-refractivity contribution in [2.24, 2.45) is 5.73 Å². The minimum Gasteiger partial charge on any atom is -0.328 e. The molecule has 0 radical (unpaired) electrons. The quantitative estimate of drug-likeness (QED) is 0.438. The van der Waals surface area contributed by atoms with Crippen LogP contribution in [0.25, 0.3) is 0 Å². The fourth-order valence-electron chi connectivity index (χ4n) is 0.172. The molecule has 0 aliphatic rings. The van der Waals surface area contributed by atoms with Crippen molar-refractivity contribution in [1.29, 1.82) is 0 Å². The van der Waals surface area contributed by atoms with Crippen molar-refractivity contribution in [3.8, 4) is 0 Å². The summed E-state index contributed by atoms with van der Waals surface area (Å²) in [6.45, 7) is 1.95. The molecule has 1 atom stereocenters. The lowest BCUT2D eigenvalue weighted by Gasteiger charge is -1.95. The van der Waals surface area contributed by atoms with Crippen LogP contribution >= 0.6 is 19.9 Å². The second-order valence-electron chi connectivity index (χ2n) is 1.71. The van der Waals surface area contributed by atoms with E-state index in [2.05, 4.69) is 0 Å². The van der Waals surface area contributed by atoms with E-state index in [0.29, 0.717) is 5.88 Å². The number of alkyl halides is 1. The van der Waals surface area contributed by atoms with E-state index in [9.17, 15) is 0 Å². The Morgan fingerprint density at radius 1 is 1.70 bits per heavy atom. The maximum atomic E-state index is 8.70. The summed E-state index contributed by atoms with van der Waals surface area (Å²) in [7, 11) is -2.87. The smallest absolute Gasteiger partial charge is 0.328 e. The van der Waals surface area contributed by atoms with Crippen LogP contribution in [-0.4, -0.2) is 21.7 Å². The van der Waals surface area contributed by atoms with Crippen molar-refractivity contribution in [2.45, 2.75) is 19.4 Å². The summed E-state index contributed by atoms with van der Waals surface area (Å²) in [4.78, 5) is 14.2. The van der Waals surface area contributed by atoms with Crippen LogP contribution in [-0.2, 0) is 4.57 Å². The summed E-state index contributed by atoms with van der Waals surface area (Å²) in [6, 6.07) is 0.266. The zero-order chi connectivity index (χ0) is 8.57. The lowest BCUT2D eigenvalue weighted by molar-refractivity contribution is 0.405. The summed E-state index contributed by atoms with van der Waals surface area (Å²) in [5.41, 5.74) is 5.32. The van der Waals surface area contributed by atoms with E-state index in [1.54, 1.807) is 0 Å². The maximum Gasteiger partial charge on any atom is 0.692 e. The average molecular weight is 189 g/mol. The van der Waals surface area contributed by atoms with E-state index < -0.39 is 8.25 Å². The van der Waals surface area contributed by atoms with Crippen LogP contribution in [0.4, 0.5) is 0 Å². The zero-order valence-electron chi connectivity index (χ0n) is 5.70. The summed E-state index contributed by atoms with van der Waals surface area (Å²) in [5.74, 6) is 0.678. The third-order valence-electron chi connectivity index (χ3n) is 0.564. The van der Waals surface area contributed by atoms with Gasteiger partial charge in [0.05, 0.1) is 0 Å². The Morgan fingerprint density at radius 3 is 2.00 bits per heavy atom. The molecule has 4 nitrogen and oxygen atoms in total. The SMILES string of the molecule is CC(N)CCCl.O=[P+](O)O. The van der Waals surface area contributed by atoms with Crippen molar-refractivity contribution in [3.63, 3.8) is 0 Å². The van der Waals surface area contributed by atoms with Gasteiger partial charge in [-0.05, 0) is 13.3 Å². The highest BCUT2D eigenvalue weighted by molar-refractivity contribution is 7.30. The fourth-order valence-corrected chi connectivity index (χ4v) is 0.516. The predicted molar refractivity (Wildman–Crippen MR) is 41.0 cm³/mol. The number of nitrogens with two attached hydrogens (primary N) is 1. The lowest BCUT2D eigenvalue weighted by Crippen LogP contribution is -2.14. The number of hydrogen-bond acceptors (Lipinski definition) is 2. The molecule has 6 heteroatoms. The highest BCUT2D eigenvalue weighted by Gasteiger charge is 1.93. The maximum absolute atomic E-state index is 8.70. The van der Waals surface area contributed by atoms with Gasteiger partial charge in [0, 0.05) is 16.5 Å². The molecule has 0 aliphatic heterocycles. The number of hydrogen-bond donors (Lipinski definition) is 3. The van der Waals surface area contributed by atoms with Crippen LogP contribution in [0.1, 0.15) is 13.3 Å². The summed E-state index contributed by atoms with van der Waals surface area (Å²) < 4.78 is 8.70. The minimum absolute atomic E-state index is 0.266. The van der Waals surface area contributed by atoms with Gasteiger partial charge in [-0.1, -0.05) is 0 Å². The van der Waals surface area contributed by atoms with Gasteiger partial charge >= 0.3 is 8.25 Å². The molecule has 0 heterocycles. The Labute approximate surface area is 65.9 Å². The fraction of sp³-hybridized carbons (Fsp3) is 1.00. The second-order valence-corrected chi connectivity index (χ2v) is 2.59. The molecule has 0 aromatic carbocycles. The standard InChI is InChI=1S/C4H10ClN.HO3P/c1-4(6)2-3-5;1-4(2)3/h4H,2-3,6H2,1H3;(H-,1,2,3)/p+1. The predicted octanol–water partition coefficient (Wildman–Crippen LogP) is 0.591. The molecule has 0 rings (SSSR count). The third kappa shape index (κ3) is 40.9. The monoisotopic (exact) mass is 188 g/mol. The summed E-state index contributed by atoms with van der Waals surface area (Å²) >= 11 is 5.32. The van der Waals surface area contributed by atoms with Crippen molar-refractivity contribution >= 4 is 19.9 Å². The normalized spacial score (nSPS) is 11.3. The largest absolute Gasteiger partial charge is 0.692 e. The van der Waals surface area contributed by atoms with Gasteiger partial charge in [-0.25, -0.2) is 0 Å². The van der Waals surface area contributed by atoms with Crippen LogP contribution in [0, 0.1) is 0 Å². The van der Waals surface area contributed by atoms with E-state index >= 15 is 0 Å². The van der Waals surface area contributed by atoms with Gasteiger partial charge in [-0.2, -0.15) is 0 Å². The van der Waals surface area contributed by atoms with Crippen molar-refractivity contribution < 1.29 is 14.4 Å². The molecule has 62 valence electrons. The second kappa shape index (κ2) is 9.27. The van der Waals surface area contributed by atoms with Crippen LogP contribution in [0.3, 0.4) is 0 Å². The molecule has 1 unspecified atom stereocenters. The van der Waals surface area contributed by atoms with Gasteiger partial charge in [0.25, 0.3) is 0 Å². The molecule has 0 amide bonds. The highest BCUT2D eigenvalue weighted by Crippen LogP contribution is 1.98. The zero-order valence-corrected chi connectivity index (χ0v) is 7.35. The molecule has 0 saturated carbocycles. The summed E-state index contributed by atoms with van der Waals surface area (Å²) in [5, 5.41) is 0. The van der Waals surface area contributed by atoms with Gasteiger partial charge in [-0.3, -0.25) is 0 Å². The van der Waals surface area contributed by atoms with Crippen LogP contribution in [0.15, 0.2) is 0 Å². The van der Waals surface area contributed by atoms with E-state index in [1.165, 1.54) is 0 Å². The Morgan fingerprint density at radius 2 is 2.00 bits per heavy atom. The van der Waals surface area contributed by atoms with Gasteiger partial charge in [-0.15, -0.1) is 21.4 Å². The van der Waals surface area contributed by atoms with E-state index in [1.807, 2.05) is 6.92 Å². The first-order valence-electron chi connectivity index (χ1n) is 2.67. The van der Waals surface area contributed by atoms with E-state index in [-0.39, 0.29) is 6.04 Å². The van der Waals surface area contributed by atoms with Crippen LogP contribution in [0.5, 0.6) is 0 Å². The minimum atomic E-state index is -2.87. The molecule has 0 spiro atoms. The molecule has 0 bridgehead atoms. The number of halogens is 1. The van der Waals surface area contributed by atoms with Gasteiger partial charge < -0.3 is 5.73 Å². The topological polar surface area (TPSA) is 83.6 Å². The Bertz CT molecular complexity index is 86.6. The van der Waals surface area contributed by atoms with E-state index in [0.717, 1.165) is 6.42 Å². The van der Waals surface area contributed by atoms with Crippen LogP contribution in [0.2, 0.25) is 0 Å². The Hall–Kier alpha value is 0.270. The van der Waals surface area contributed by atoms with Crippen molar-refractivity contribution in [3.05, 3.63) is 0 Å². The highest BCUT2D eigenvalue weighted by atomic mass is 35.5. The molecule has 0 aromatic rings. The first-order valence-corrected chi connectivity index (χ1v) is 4.37. The molecule has 0 fully saturated rings. The first kappa shape index (κ1) is 12.9. The van der Waals surface area contributed by atoms with E-state index in [4.69, 9.17) is 31.7 Å². The Kier molecular flexibility index (Phi) is 12.0. The first-order chi connectivity index (χ1) is 4.50. The van der Waals surface area contributed by atoms with Crippen LogP contribution < -0.4 is 5.73 Å². The van der Waals surface area contributed by atoms with Gasteiger partial charge in [0.15, 0.2) is 0 Å².